The van der Waals surface area contributed by atoms with Gasteiger partial charge in [0.2, 0.25) is 11.8 Å². The van der Waals surface area contributed by atoms with Crippen molar-refractivity contribution >= 4 is 50.6 Å². The van der Waals surface area contributed by atoms with Crippen LogP contribution in [0.15, 0.2) is 37.3 Å². The molecule has 29 heavy (non-hydrogen) atoms. The highest BCUT2D eigenvalue weighted by atomic mass is 32.3. The van der Waals surface area contributed by atoms with E-state index in [-0.39, 0.29) is 28.3 Å². The molecule has 4 rings (SSSR count). The van der Waals surface area contributed by atoms with Gasteiger partial charge in [0.05, 0.1) is 21.9 Å². The summed E-state index contributed by atoms with van der Waals surface area (Å²) in [7, 11) is -3.55. The molecule has 0 spiro atoms. The number of nitrogens with zero attached hydrogens (tertiary/aromatic N) is 2. The van der Waals surface area contributed by atoms with Crippen LogP contribution in [0.3, 0.4) is 0 Å². The fourth-order valence-corrected chi connectivity index (χ4v) is 7.75. The summed E-state index contributed by atoms with van der Waals surface area (Å²) in [6.07, 6.45) is 3.86. The van der Waals surface area contributed by atoms with Gasteiger partial charge in [-0.3, -0.25) is 9.59 Å². The fourth-order valence-electron chi connectivity index (χ4n) is 3.31. The molecule has 2 amide bonds. The van der Waals surface area contributed by atoms with Gasteiger partial charge in [-0.1, -0.05) is 0 Å². The van der Waals surface area contributed by atoms with Gasteiger partial charge in [-0.05, 0) is 31.0 Å². The number of thiophene rings is 1. The zero-order valence-electron chi connectivity index (χ0n) is 15.6. The van der Waals surface area contributed by atoms with E-state index in [1.54, 1.807) is 12.3 Å². The van der Waals surface area contributed by atoms with Crippen molar-refractivity contribution in [3.05, 3.63) is 30.2 Å². The Morgan fingerprint density at radius 1 is 1.28 bits per heavy atom. The summed E-state index contributed by atoms with van der Waals surface area (Å²) in [5.41, 5.74) is 0.509. The van der Waals surface area contributed by atoms with Crippen molar-refractivity contribution in [3.63, 3.8) is 0 Å². The maximum absolute atomic E-state index is 12.9. The molecule has 8 nitrogen and oxygen atoms in total. The molecule has 0 aromatic carbocycles. The molecule has 4 heterocycles. The van der Waals surface area contributed by atoms with Crippen LogP contribution >= 0.6 is 23.1 Å². The summed E-state index contributed by atoms with van der Waals surface area (Å²) in [4.78, 5) is 26.1. The molecule has 2 aromatic rings. The van der Waals surface area contributed by atoms with E-state index in [2.05, 4.69) is 5.32 Å². The molecule has 1 N–H and O–H groups in total. The van der Waals surface area contributed by atoms with Gasteiger partial charge in [0.15, 0.2) is 0 Å². The van der Waals surface area contributed by atoms with Crippen LogP contribution in [0, 0.1) is 0 Å². The molecule has 0 saturated carbocycles. The van der Waals surface area contributed by atoms with Crippen LogP contribution in [0.2, 0.25) is 0 Å². The van der Waals surface area contributed by atoms with E-state index in [0.717, 1.165) is 22.8 Å². The molecule has 11 heteroatoms. The zero-order valence-corrected chi connectivity index (χ0v) is 18.1. The van der Waals surface area contributed by atoms with Crippen molar-refractivity contribution in [1.29, 1.82) is 0 Å². The van der Waals surface area contributed by atoms with Gasteiger partial charge in [0, 0.05) is 26.1 Å². The van der Waals surface area contributed by atoms with Crippen molar-refractivity contribution in [3.8, 4) is 0 Å². The van der Waals surface area contributed by atoms with E-state index in [1.165, 1.54) is 38.4 Å². The van der Waals surface area contributed by atoms with Crippen LogP contribution in [0.4, 0.5) is 5.69 Å². The quantitative estimate of drug-likeness (QED) is 0.685. The van der Waals surface area contributed by atoms with Gasteiger partial charge in [-0.15, -0.1) is 23.1 Å². The largest absolute Gasteiger partial charge is 0.469 e. The molecule has 1 saturated heterocycles. The Kier molecular flexibility index (Phi) is 6.00. The van der Waals surface area contributed by atoms with E-state index in [1.807, 2.05) is 6.07 Å². The highest BCUT2D eigenvalue weighted by molar-refractivity contribution is 8.02. The van der Waals surface area contributed by atoms with Crippen LogP contribution < -0.4 is 10.2 Å². The summed E-state index contributed by atoms with van der Waals surface area (Å²) in [6, 6.07) is 5.15. The average Bonchev–Trinajstić information content (AvgIpc) is 3.45. The van der Waals surface area contributed by atoms with Gasteiger partial charge >= 0.3 is 0 Å². The molecule has 0 atom stereocenters. The lowest BCUT2D eigenvalue weighted by Gasteiger charge is -2.25. The topological polar surface area (TPSA) is 99.9 Å². The van der Waals surface area contributed by atoms with E-state index in [4.69, 9.17) is 4.42 Å². The van der Waals surface area contributed by atoms with Crippen LogP contribution in [0.5, 0.6) is 0 Å². The lowest BCUT2D eigenvalue weighted by molar-refractivity contribution is -0.122. The maximum Gasteiger partial charge on any atom is 0.252 e. The highest BCUT2D eigenvalue weighted by Crippen LogP contribution is 2.44. The van der Waals surface area contributed by atoms with Crippen molar-refractivity contribution < 1.29 is 22.4 Å². The molecule has 2 aliphatic heterocycles. The second kappa shape index (κ2) is 8.50. The number of fused-ring (bicyclic) bond motifs is 1. The molecular weight excluding hydrogens is 434 g/mol. The van der Waals surface area contributed by atoms with Gasteiger partial charge in [0.1, 0.15) is 16.5 Å². The number of hydrogen-bond donors (Lipinski definition) is 1. The Bertz CT molecular complexity index is 994. The number of carbonyl (C=O) groups excluding carboxylic acids is 2. The number of hydrogen-bond acceptors (Lipinski definition) is 7. The predicted octanol–water partition coefficient (Wildman–Crippen LogP) is 1.92. The van der Waals surface area contributed by atoms with E-state index >= 15 is 0 Å². The smallest absolute Gasteiger partial charge is 0.252 e. The van der Waals surface area contributed by atoms with Crippen LogP contribution in [-0.2, 0) is 26.0 Å². The summed E-state index contributed by atoms with van der Waals surface area (Å²) >= 11 is 2.50. The molecule has 156 valence electrons. The number of thioether (sulfide) groups is 1. The van der Waals surface area contributed by atoms with Crippen LogP contribution in [-0.4, -0.2) is 56.5 Å². The Morgan fingerprint density at radius 2 is 2.07 bits per heavy atom. The second-order valence-electron chi connectivity index (χ2n) is 6.80. The molecule has 0 bridgehead atoms. The molecule has 2 aliphatic rings. The first-order valence-electron chi connectivity index (χ1n) is 9.31. The maximum atomic E-state index is 12.9. The number of nitrogens with one attached hydrogen (secondary N) is 1. The molecule has 0 radical (unpaired) electrons. The monoisotopic (exact) mass is 455 g/mol. The SMILES string of the molecule is O=C(CN1C(=O)CSc2sc(S(=O)(=O)N3CCCC3)cc21)NCCc1ccco1. The Hall–Kier alpha value is -1.82. The highest BCUT2D eigenvalue weighted by Gasteiger charge is 2.34. The first kappa shape index (κ1) is 20.5. The normalized spacial score (nSPS) is 17.5. The van der Waals surface area contributed by atoms with Gasteiger partial charge in [0.25, 0.3) is 10.0 Å². The molecule has 0 aliphatic carbocycles. The number of amides is 2. The molecule has 2 aromatic heterocycles. The van der Waals surface area contributed by atoms with Gasteiger partial charge < -0.3 is 14.6 Å². The van der Waals surface area contributed by atoms with Crippen molar-refractivity contribution in [1.82, 2.24) is 9.62 Å². The summed E-state index contributed by atoms with van der Waals surface area (Å²) < 4.78 is 33.4. The number of rotatable bonds is 7. The number of sulfonamides is 1. The molecule has 0 unspecified atom stereocenters. The minimum absolute atomic E-state index is 0.134. The third kappa shape index (κ3) is 4.37. The van der Waals surface area contributed by atoms with Gasteiger partial charge in [-0.25, -0.2) is 8.42 Å². The minimum atomic E-state index is -3.55. The molecule has 1 fully saturated rings. The number of carbonyl (C=O) groups is 2. The van der Waals surface area contributed by atoms with E-state index in [0.29, 0.717) is 31.7 Å². The Labute approximate surface area is 177 Å². The first-order chi connectivity index (χ1) is 13.9. The number of anilines is 1. The van der Waals surface area contributed by atoms with E-state index < -0.39 is 10.0 Å². The van der Waals surface area contributed by atoms with Crippen LogP contribution in [0.1, 0.15) is 18.6 Å². The van der Waals surface area contributed by atoms with Crippen molar-refractivity contribution in [2.75, 3.05) is 36.8 Å². The minimum Gasteiger partial charge on any atom is -0.469 e. The first-order valence-corrected chi connectivity index (χ1v) is 12.6. The zero-order chi connectivity index (χ0) is 20.4. The molecular formula is C18H21N3O5S3. The fraction of sp³-hybridized carbons (Fsp3) is 0.444. The van der Waals surface area contributed by atoms with Crippen molar-refractivity contribution in [2.45, 2.75) is 27.7 Å². The third-order valence-corrected chi connectivity index (χ3v) is 9.54. The lowest BCUT2D eigenvalue weighted by Crippen LogP contribution is -2.43. The van der Waals surface area contributed by atoms with Crippen molar-refractivity contribution in [2.24, 2.45) is 0 Å². The predicted molar refractivity (Wildman–Crippen MR) is 111 cm³/mol. The summed E-state index contributed by atoms with van der Waals surface area (Å²) in [5, 5.41) is 2.78. The summed E-state index contributed by atoms with van der Waals surface area (Å²) in [6.45, 7) is 1.32. The average molecular weight is 456 g/mol. The number of furan rings is 1. The second-order valence-corrected chi connectivity index (χ2v) is 11.3. The van der Waals surface area contributed by atoms with Gasteiger partial charge in [-0.2, -0.15) is 4.31 Å². The standard InChI is InChI=1S/C18H21N3O5S3/c22-15(19-6-5-13-4-3-9-26-13)11-21-14-10-17(28-18(14)27-12-16(21)23)29(24,25)20-7-1-2-8-20/h3-4,9-10H,1-2,5-8,11-12H2,(H,19,22). The Morgan fingerprint density at radius 3 is 2.79 bits per heavy atom. The Balaban J connectivity index is 1.45. The lowest BCUT2D eigenvalue weighted by atomic mass is 10.3. The van der Waals surface area contributed by atoms with Crippen LogP contribution in [0.25, 0.3) is 0 Å². The third-order valence-electron chi connectivity index (χ3n) is 4.81. The summed E-state index contributed by atoms with van der Waals surface area (Å²) in [5.74, 6) is 0.466. The van der Waals surface area contributed by atoms with E-state index in [9.17, 15) is 18.0 Å².